The van der Waals surface area contributed by atoms with Gasteiger partial charge in [0.25, 0.3) is 0 Å². The van der Waals surface area contributed by atoms with Crippen LogP contribution in [0.3, 0.4) is 0 Å². The molecule has 0 aliphatic carbocycles. The lowest BCUT2D eigenvalue weighted by atomic mass is 10.1. The van der Waals surface area contributed by atoms with Crippen molar-refractivity contribution < 1.29 is 19.0 Å². The van der Waals surface area contributed by atoms with E-state index in [9.17, 15) is 4.79 Å². The molecule has 3 aromatic carbocycles. The second-order valence-electron chi connectivity index (χ2n) is 6.69. The first kappa shape index (κ1) is 19.5. The second kappa shape index (κ2) is 9.14. The van der Waals surface area contributed by atoms with Crippen molar-refractivity contribution in [1.29, 1.82) is 0 Å². The van der Waals surface area contributed by atoms with Gasteiger partial charge in [-0.1, -0.05) is 54.6 Å². The Kier molecular flexibility index (Phi) is 5.95. The van der Waals surface area contributed by atoms with E-state index in [0.29, 0.717) is 36.0 Å². The van der Waals surface area contributed by atoms with E-state index in [-0.39, 0.29) is 11.5 Å². The minimum atomic E-state index is -0.146. The molecule has 4 rings (SSSR count). The van der Waals surface area contributed by atoms with Crippen LogP contribution in [0.4, 0.5) is 0 Å². The molecule has 150 valence electrons. The lowest BCUT2D eigenvalue weighted by molar-refractivity contribution is 0.101. The van der Waals surface area contributed by atoms with Gasteiger partial charge in [-0.25, -0.2) is 0 Å². The van der Waals surface area contributed by atoms with Crippen LogP contribution in [0.15, 0.2) is 84.6 Å². The van der Waals surface area contributed by atoms with E-state index in [1.807, 2.05) is 73.7 Å². The van der Waals surface area contributed by atoms with E-state index in [1.54, 1.807) is 24.3 Å². The van der Waals surface area contributed by atoms with Gasteiger partial charge in [-0.2, -0.15) is 0 Å². The fraction of sp³-hybridized carbons (Fsp3) is 0.115. The molecule has 4 nitrogen and oxygen atoms in total. The topological polar surface area (TPSA) is 44.8 Å². The molecule has 0 fully saturated rings. The molecule has 0 N–H and O–H groups in total. The molecule has 0 spiro atoms. The lowest BCUT2D eigenvalue weighted by Crippen LogP contribution is -1.99. The van der Waals surface area contributed by atoms with Crippen molar-refractivity contribution in [3.63, 3.8) is 0 Å². The van der Waals surface area contributed by atoms with E-state index in [4.69, 9.17) is 14.2 Å². The maximum Gasteiger partial charge on any atom is 0.231 e. The minimum Gasteiger partial charge on any atom is -0.493 e. The summed E-state index contributed by atoms with van der Waals surface area (Å²) in [6, 6.07) is 22.9. The monoisotopic (exact) mass is 398 g/mol. The van der Waals surface area contributed by atoms with E-state index in [2.05, 4.69) is 0 Å². The summed E-state index contributed by atoms with van der Waals surface area (Å²) in [5.41, 5.74) is 2.45. The Bertz CT molecular complexity index is 1100. The van der Waals surface area contributed by atoms with Gasteiger partial charge in [0.1, 0.15) is 23.9 Å². The molecule has 0 bridgehead atoms. The molecule has 1 heterocycles. The van der Waals surface area contributed by atoms with Crippen LogP contribution in [0, 0.1) is 0 Å². The summed E-state index contributed by atoms with van der Waals surface area (Å²) in [5, 5.41) is 0. The SMILES string of the molecule is CCOc1ccccc1/C=C1\Oc2cc(OC/C=C/c3ccccc3)ccc2C1=O. The van der Waals surface area contributed by atoms with Crippen molar-refractivity contribution >= 4 is 17.9 Å². The van der Waals surface area contributed by atoms with Crippen molar-refractivity contribution in [1.82, 2.24) is 0 Å². The highest BCUT2D eigenvalue weighted by Crippen LogP contribution is 2.35. The first-order chi connectivity index (χ1) is 14.7. The Hall–Kier alpha value is -3.79. The van der Waals surface area contributed by atoms with Gasteiger partial charge in [-0.15, -0.1) is 0 Å². The van der Waals surface area contributed by atoms with E-state index in [0.717, 1.165) is 11.1 Å². The summed E-state index contributed by atoms with van der Waals surface area (Å²) in [5.74, 6) is 2.00. The normalized spacial score (nSPS) is 14.0. The summed E-state index contributed by atoms with van der Waals surface area (Å²) in [4.78, 5) is 12.7. The van der Waals surface area contributed by atoms with Crippen LogP contribution in [0.1, 0.15) is 28.4 Å². The molecule has 1 aliphatic rings. The number of carbonyl (C=O) groups is 1. The van der Waals surface area contributed by atoms with Gasteiger partial charge >= 0.3 is 0 Å². The van der Waals surface area contributed by atoms with Crippen LogP contribution in [0.5, 0.6) is 17.2 Å². The average Bonchev–Trinajstić information content (AvgIpc) is 3.08. The number of benzene rings is 3. The first-order valence-electron chi connectivity index (χ1n) is 9.89. The maximum absolute atomic E-state index is 12.7. The Labute approximate surface area is 176 Å². The summed E-state index contributed by atoms with van der Waals surface area (Å²) >= 11 is 0. The first-order valence-corrected chi connectivity index (χ1v) is 9.89. The zero-order chi connectivity index (χ0) is 20.8. The molecule has 1 aliphatic heterocycles. The van der Waals surface area contributed by atoms with Gasteiger partial charge in [0.05, 0.1) is 12.2 Å². The average molecular weight is 398 g/mol. The Morgan fingerprint density at radius 3 is 2.57 bits per heavy atom. The van der Waals surface area contributed by atoms with Crippen molar-refractivity contribution in [3.05, 3.63) is 101 Å². The number of hydrogen-bond acceptors (Lipinski definition) is 4. The van der Waals surface area contributed by atoms with Gasteiger partial charge in [-0.05, 0) is 42.8 Å². The highest BCUT2D eigenvalue weighted by molar-refractivity contribution is 6.14. The number of para-hydroxylation sites is 1. The molecule has 0 saturated carbocycles. The highest BCUT2D eigenvalue weighted by atomic mass is 16.5. The van der Waals surface area contributed by atoms with E-state index in [1.165, 1.54) is 0 Å². The second-order valence-corrected chi connectivity index (χ2v) is 6.69. The third-order valence-electron chi connectivity index (χ3n) is 4.60. The smallest absolute Gasteiger partial charge is 0.231 e. The molecule has 0 atom stereocenters. The maximum atomic E-state index is 12.7. The van der Waals surface area contributed by atoms with Gasteiger partial charge in [0.2, 0.25) is 5.78 Å². The largest absolute Gasteiger partial charge is 0.493 e. The molecule has 0 saturated heterocycles. The van der Waals surface area contributed by atoms with Crippen LogP contribution < -0.4 is 14.2 Å². The van der Waals surface area contributed by atoms with E-state index >= 15 is 0 Å². The third kappa shape index (κ3) is 4.44. The molecule has 0 amide bonds. The lowest BCUT2D eigenvalue weighted by Gasteiger charge is -2.07. The van der Waals surface area contributed by atoms with Crippen LogP contribution in [-0.4, -0.2) is 19.0 Å². The van der Waals surface area contributed by atoms with Crippen molar-refractivity contribution in [2.45, 2.75) is 6.92 Å². The summed E-state index contributed by atoms with van der Waals surface area (Å²) in [6.45, 7) is 2.90. The van der Waals surface area contributed by atoms with Crippen LogP contribution in [0.25, 0.3) is 12.2 Å². The van der Waals surface area contributed by atoms with Crippen LogP contribution >= 0.6 is 0 Å². The molecular weight excluding hydrogens is 376 g/mol. The molecule has 0 radical (unpaired) electrons. The predicted octanol–water partition coefficient (Wildman–Crippen LogP) is 5.79. The molecular formula is C26H22O4. The quantitative estimate of drug-likeness (QED) is 0.472. The number of fused-ring (bicyclic) bond motifs is 1. The van der Waals surface area contributed by atoms with Crippen molar-refractivity contribution in [3.8, 4) is 17.2 Å². The van der Waals surface area contributed by atoms with Gasteiger partial charge in [0, 0.05) is 11.6 Å². The minimum absolute atomic E-state index is 0.146. The Balaban J connectivity index is 1.46. The van der Waals surface area contributed by atoms with Gasteiger partial charge in [0.15, 0.2) is 5.76 Å². The molecule has 0 unspecified atom stereocenters. The summed E-state index contributed by atoms with van der Waals surface area (Å²) < 4.78 is 17.2. The van der Waals surface area contributed by atoms with Gasteiger partial charge < -0.3 is 14.2 Å². The number of allylic oxidation sites excluding steroid dienone is 1. The fourth-order valence-electron chi connectivity index (χ4n) is 3.18. The number of hydrogen-bond donors (Lipinski definition) is 0. The summed E-state index contributed by atoms with van der Waals surface area (Å²) in [6.07, 6.45) is 5.67. The molecule has 30 heavy (non-hydrogen) atoms. The molecule has 0 aromatic heterocycles. The highest BCUT2D eigenvalue weighted by Gasteiger charge is 2.28. The third-order valence-corrected chi connectivity index (χ3v) is 4.60. The van der Waals surface area contributed by atoms with E-state index < -0.39 is 0 Å². The van der Waals surface area contributed by atoms with Gasteiger partial charge in [-0.3, -0.25) is 4.79 Å². The number of Topliss-reactive ketones (excluding diaryl/α,β-unsaturated/α-hetero) is 1. The Morgan fingerprint density at radius 1 is 0.933 bits per heavy atom. The number of ketones is 1. The number of ether oxygens (including phenoxy) is 3. The zero-order valence-corrected chi connectivity index (χ0v) is 16.7. The van der Waals surface area contributed by atoms with Crippen molar-refractivity contribution in [2.24, 2.45) is 0 Å². The Morgan fingerprint density at radius 2 is 1.73 bits per heavy atom. The number of rotatable bonds is 7. The summed E-state index contributed by atoms with van der Waals surface area (Å²) in [7, 11) is 0. The van der Waals surface area contributed by atoms with Crippen LogP contribution in [-0.2, 0) is 0 Å². The van der Waals surface area contributed by atoms with Crippen molar-refractivity contribution in [2.75, 3.05) is 13.2 Å². The molecule has 4 heteroatoms. The standard InChI is InChI=1S/C26H22O4/c1-2-28-23-13-7-6-12-20(23)17-25-26(27)22-15-14-21(18-24(22)30-25)29-16-8-11-19-9-4-3-5-10-19/h3-15,17-18H,2,16H2,1H3/b11-8+,25-17-. The molecule has 3 aromatic rings. The zero-order valence-electron chi connectivity index (χ0n) is 16.7. The fourth-order valence-corrected chi connectivity index (χ4v) is 3.18. The predicted molar refractivity (Wildman–Crippen MR) is 118 cm³/mol. The number of carbonyl (C=O) groups excluding carboxylic acids is 1. The van der Waals surface area contributed by atoms with Crippen LogP contribution in [0.2, 0.25) is 0 Å².